The Hall–Kier alpha value is -1.09. The van der Waals surface area contributed by atoms with Crippen LogP contribution < -0.4 is 4.74 Å². The zero-order valence-electron chi connectivity index (χ0n) is 10.1. The second-order valence-electron chi connectivity index (χ2n) is 4.32. The van der Waals surface area contributed by atoms with Gasteiger partial charge in [0.2, 0.25) is 5.88 Å². The molecule has 0 unspecified atom stereocenters. The van der Waals surface area contributed by atoms with Crippen LogP contribution in [-0.2, 0) is 0 Å². The number of ether oxygens (including phenoxy) is 1. The van der Waals surface area contributed by atoms with Gasteiger partial charge in [-0.25, -0.2) is 4.98 Å². The van der Waals surface area contributed by atoms with Gasteiger partial charge in [-0.1, -0.05) is 12.5 Å². The molecule has 2 rings (SSSR count). The highest BCUT2D eigenvalue weighted by Gasteiger charge is 2.23. The average Bonchev–Trinajstić information content (AvgIpc) is 2.31. The monoisotopic (exact) mass is 220 g/mol. The highest BCUT2D eigenvalue weighted by atomic mass is 16.5. The van der Waals surface area contributed by atoms with E-state index in [1.807, 2.05) is 13.0 Å². The zero-order chi connectivity index (χ0) is 11.4. The van der Waals surface area contributed by atoms with Crippen molar-refractivity contribution in [2.75, 3.05) is 20.2 Å². The molecule has 1 aliphatic rings. The molecule has 1 fully saturated rings. The van der Waals surface area contributed by atoms with E-state index in [-0.39, 0.29) is 0 Å². The van der Waals surface area contributed by atoms with E-state index in [1.165, 1.54) is 31.4 Å². The van der Waals surface area contributed by atoms with Crippen molar-refractivity contribution in [3.8, 4) is 5.88 Å². The number of nitrogens with zero attached hydrogens (tertiary/aromatic N) is 2. The number of aromatic nitrogens is 1. The maximum Gasteiger partial charge on any atom is 0.218 e. The van der Waals surface area contributed by atoms with Gasteiger partial charge < -0.3 is 4.74 Å². The summed E-state index contributed by atoms with van der Waals surface area (Å²) >= 11 is 0. The number of piperidine rings is 1. The fraction of sp³-hybridized carbons (Fsp3) is 0.615. The van der Waals surface area contributed by atoms with Crippen LogP contribution in [0.2, 0.25) is 0 Å². The van der Waals surface area contributed by atoms with Gasteiger partial charge in [-0.3, -0.25) is 4.90 Å². The van der Waals surface area contributed by atoms with Gasteiger partial charge in [-0.2, -0.15) is 0 Å². The van der Waals surface area contributed by atoms with Crippen molar-refractivity contribution in [3.63, 3.8) is 0 Å². The molecule has 0 saturated carbocycles. The summed E-state index contributed by atoms with van der Waals surface area (Å²) in [6, 6.07) is 4.62. The Labute approximate surface area is 97.4 Å². The lowest BCUT2D eigenvalue weighted by atomic mass is 9.97. The first kappa shape index (κ1) is 11.4. The van der Waals surface area contributed by atoms with Crippen molar-refractivity contribution in [2.45, 2.75) is 32.2 Å². The molecule has 0 N–H and O–H groups in total. The third-order valence-electron chi connectivity index (χ3n) is 3.21. The highest BCUT2D eigenvalue weighted by molar-refractivity contribution is 5.29. The van der Waals surface area contributed by atoms with E-state index in [9.17, 15) is 0 Å². The molecule has 16 heavy (non-hydrogen) atoms. The van der Waals surface area contributed by atoms with Crippen molar-refractivity contribution in [2.24, 2.45) is 0 Å². The molecule has 0 radical (unpaired) electrons. The first-order chi connectivity index (χ1) is 7.83. The lowest BCUT2D eigenvalue weighted by Crippen LogP contribution is -2.30. The van der Waals surface area contributed by atoms with Crippen molar-refractivity contribution in [1.29, 1.82) is 0 Å². The number of pyridine rings is 1. The van der Waals surface area contributed by atoms with E-state index < -0.39 is 0 Å². The van der Waals surface area contributed by atoms with Gasteiger partial charge in [-0.05, 0) is 39.4 Å². The molecule has 3 nitrogen and oxygen atoms in total. The van der Waals surface area contributed by atoms with Gasteiger partial charge in [0.15, 0.2) is 0 Å². The van der Waals surface area contributed by atoms with Crippen molar-refractivity contribution < 1.29 is 4.74 Å². The normalized spacial score (nSPS) is 22.0. The van der Waals surface area contributed by atoms with Crippen LogP contribution in [-0.4, -0.2) is 30.1 Å². The molecule has 1 aromatic rings. The maximum atomic E-state index is 5.60. The second-order valence-corrected chi connectivity index (χ2v) is 4.32. The molecule has 2 heterocycles. The van der Waals surface area contributed by atoms with Gasteiger partial charge in [0.25, 0.3) is 0 Å². The van der Waals surface area contributed by atoms with E-state index in [2.05, 4.69) is 23.0 Å². The first-order valence-corrected chi connectivity index (χ1v) is 6.11. The summed E-state index contributed by atoms with van der Waals surface area (Å²) < 4.78 is 5.60. The minimum Gasteiger partial charge on any atom is -0.478 e. The van der Waals surface area contributed by atoms with Crippen LogP contribution in [0, 0.1) is 0 Å². The Bertz CT molecular complexity index is 340. The number of likely N-dealkylation sites (tertiary alicyclic amines) is 1. The topological polar surface area (TPSA) is 25.4 Å². The Morgan fingerprint density at radius 3 is 3.12 bits per heavy atom. The van der Waals surface area contributed by atoms with E-state index >= 15 is 0 Å². The lowest BCUT2D eigenvalue weighted by Gasteiger charge is -2.33. The van der Waals surface area contributed by atoms with Gasteiger partial charge in [-0.15, -0.1) is 0 Å². The summed E-state index contributed by atoms with van der Waals surface area (Å²) in [6.45, 7) is 3.86. The van der Waals surface area contributed by atoms with Crippen LogP contribution >= 0.6 is 0 Å². The number of rotatable bonds is 3. The molecule has 1 saturated heterocycles. The summed E-state index contributed by atoms with van der Waals surface area (Å²) in [4.78, 5) is 6.73. The highest BCUT2D eigenvalue weighted by Crippen LogP contribution is 2.33. The molecule has 88 valence electrons. The third-order valence-corrected chi connectivity index (χ3v) is 3.21. The van der Waals surface area contributed by atoms with Gasteiger partial charge in [0, 0.05) is 17.8 Å². The minimum absolute atomic E-state index is 0.476. The summed E-state index contributed by atoms with van der Waals surface area (Å²) in [7, 11) is 2.19. The molecule has 3 heteroatoms. The van der Waals surface area contributed by atoms with E-state index in [0.29, 0.717) is 12.6 Å². The van der Waals surface area contributed by atoms with E-state index in [1.54, 1.807) is 6.20 Å². The fourth-order valence-electron chi connectivity index (χ4n) is 2.38. The summed E-state index contributed by atoms with van der Waals surface area (Å²) in [5, 5.41) is 0. The predicted molar refractivity (Wildman–Crippen MR) is 64.6 cm³/mol. The molecular weight excluding hydrogens is 200 g/mol. The first-order valence-electron chi connectivity index (χ1n) is 6.11. The fourth-order valence-corrected chi connectivity index (χ4v) is 2.38. The van der Waals surface area contributed by atoms with Crippen LogP contribution in [0.15, 0.2) is 18.3 Å². The average molecular weight is 220 g/mol. The smallest absolute Gasteiger partial charge is 0.218 e. The summed E-state index contributed by atoms with van der Waals surface area (Å²) in [5.41, 5.74) is 1.24. The Morgan fingerprint density at radius 2 is 2.38 bits per heavy atom. The van der Waals surface area contributed by atoms with Crippen molar-refractivity contribution >= 4 is 0 Å². The zero-order valence-corrected chi connectivity index (χ0v) is 10.1. The molecule has 1 aliphatic heterocycles. The molecule has 0 spiro atoms. The number of hydrogen-bond donors (Lipinski definition) is 0. The third kappa shape index (κ3) is 2.35. The quantitative estimate of drug-likeness (QED) is 0.783. The summed E-state index contributed by atoms with van der Waals surface area (Å²) in [5.74, 6) is 0.809. The van der Waals surface area contributed by atoms with E-state index in [0.717, 1.165) is 5.88 Å². The molecule has 0 aromatic carbocycles. The van der Waals surface area contributed by atoms with Crippen LogP contribution in [0.25, 0.3) is 0 Å². The van der Waals surface area contributed by atoms with Crippen molar-refractivity contribution in [3.05, 3.63) is 23.9 Å². The molecule has 0 amide bonds. The molecular formula is C13H20N2O. The summed E-state index contributed by atoms with van der Waals surface area (Å²) in [6.07, 6.45) is 5.62. The minimum atomic E-state index is 0.476. The SMILES string of the molecule is CCOc1ncccc1[C@@H]1CCCCN1C. The molecule has 1 aromatic heterocycles. The molecule has 1 atom stereocenters. The van der Waals surface area contributed by atoms with Gasteiger partial charge >= 0.3 is 0 Å². The van der Waals surface area contributed by atoms with Crippen LogP contribution in [0.1, 0.15) is 37.8 Å². The van der Waals surface area contributed by atoms with Crippen LogP contribution in [0.5, 0.6) is 5.88 Å². The Morgan fingerprint density at radius 1 is 1.50 bits per heavy atom. The van der Waals surface area contributed by atoms with Crippen molar-refractivity contribution in [1.82, 2.24) is 9.88 Å². The standard InChI is InChI=1S/C13H20N2O/c1-3-16-13-11(7-6-9-14-13)12-8-4-5-10-15(12)2/h6-7,9,12H,3-5,8,10H2,1-2H3/t12-/m0/s1. The Balaban J connectivity index is 2.23. The maximum absolute atomic E-state index is 5.60. The van der Waals surface area contributed by atoms with Crippen LogP contribution in [0.4, 0.5) is 0 Å². The number of hydrogen-bond acceptors (Lipinski definition) is 3. The second kappa shape index (κ2) is 5.30. The lowest BCUT2D eigenvalue weighted by molar-refractivity contribution is 0.181. The predicted octanol–water partition coefficient (Wildman–Crippen LogP) is 2.64. The van der Waals surface area contributed by atoms with Gasteiger partial charge in [0.05, 0.1) is 6.61 Å². The Kier molecular flexibility index (Phi) is 3.78. The van der Waals surface area contributed by atoms with Gasteiger partial charge in [0.1, 0.15) is 0 Å². The van der Waals surface area contributed by atoms with Crippen LogP contribution in [0.3, 0.4) is 0 Å². The van der Waals surface area contributed by atoms with E-state index in [4.69, 9.17) is 4.74 Å². The molecule has 0 aliphatic carbocycles. The molecule has 0 bridgehead atoms. The largest absolute Gasteiger partial charge is 0.478 e.